The topological polar surface area (TPSA) is 104 Å². The quantitative estimate of drug-likeness (QED) is 0.0664. The van der Waals surface area contributed by atoms with Crippen molar-refractivity contribution in [2.24, 2.45) is 0 Å². The van der Waals surface area contributed by atoms with Gasteiger partial charge in [0, 0.05) is 6.61 Å². The largest absolute Gasteiger partial charge is 0.469 e. The molecular formula is C28H59O8P. The summed E-state index contributed by atoms with van der Waals surface area (Å²) in [6.07, 6.45) is 25.0. The van der Waals surface area contributed by atoms with Crippen LogP contribution >= 0.6 is 7.82 Å². The first-order chi connectivity index (χ1) is 18.1. The van der Waals surface area contributed by atoms with Gasteiger partial charge >= 0.3 is 7.82 Å². The zero-order valence-electron chi connectivity index (χ0n) is 23.9. The molecule has 0 aliphatic rings. The predicted octanol–water partition coefficient (Wildman–Crippen LogP) is 7.20. The van der Waals surface area contributed by atoms with Crippen molar-refractivity contribution >= 4 is 7.82 Å². The molecule has 0 rings (SSSR count). The van der Waals surface area contributed by atoms with Crippen molar-refractivity contribution in [1.82, 2.24) is 0 Å². The van der Waals surface area contributed by atoms with Gasteiger partial charge in [0.2, 0.25) is 0 Å². The Hall–Kier alpha value is -0.0500. The standard InChI is InChI=1S/C28H59O8P/c1-2-3-4-5-6-7-8-9-10-11-12-13-14-15-16-17-18-19-20-32-21-22-33-23-24-34-25-26-35-27-28-36-37(29,30)31/h2-28H2,1H3,(H2,29,30,31). The van der Waals surface area contributed by atoms with Crippen LogP contribution < -0.4 is 0 Å². The highest BCUT2D eigenvalue weighted by Crippen LogP contribution is 2.35. The average molecular weight is 555 g/mol. The fraction of sp³-hybridized carbons (Fsp3) is 1.00. The van der Waals surface area contributed by atoms with Gasteiger partial charge < -0.3 is 28.7 Å². The molecule has 0 radical (unpaired) electrons. The van der Waals surface area contributed by atoms with Crippen molar-refractivity contribution in [2.45, 2.75) is 122 Å². The van der Waals surface area contributed by atoms with E-state index < -0.39 is 7.82 Å². The maximum Gasteiger partial charge on any atom is 0.469 e. The molecule has 224 valence electrons. The van der Waals surface area contributed by atoms with Crippen LogP contribution in [0, 0.1) is 0 Å². The summed E-state index contributed by atoms with van der Waals surface area (Å²) >= 11 is 0. The highest BCUT2D eigenvalue weighted by Gasteiger charge is 2.12. The molecule has 0 aromatic rings. The molecule has 0 amide bonds. The predicted molar refractivity (Wildman–Crippen MR) is 150 cm³/mol. The monoisotopic (exact) mass is 554 g/mol. The molecule has 0 saturated carbocycles. The first-order valence-electron chi connectivity index (χ1n) is 15.1. The first kappa shape index (κ1) is 37.0. The Morgan fingerprint density at radius 2 is 0.676 bits per heavy atom. The highest BCUT2D eigenvalue weighted by atomic mass is 31.2. The zero-order valence-corrected chi connectivity index (χ0v) is 24.8. The normalized spacial score (nSPS) is 12.0. The molecular weight excluding hydrogens is 495 g/mol. The maximum absolute atomic E-state index is 10.5. The lowest BCUT2D eigenvalue weighted by Crippen LogP contribution is -2.13. The molecule has 0 spiro atoms. The van der Waals surface area contributed by atoms with Crippen molar-refractivity contribution in [1.29, 1.82) is 0 Å². The Balaban J connectivity index is 3.04. The summed E-state index contributed by atoms with van der Waals surface area (Å²) in [4.78, 5) is 17.0. The molecule has 37 heavy (non-hydrogen) atoms. The van der Waals surface area contributed by atoms with Crippen LogP contribution in [0.4, 0.5) is 0 Å². The lowest BCUT2D eigenvalue weighted by molar-refractivity contribution is -0.00578. The Kier molecular flexibility index (Phi) is 30.4. The van der Waals surface area contributed by atoms with Gasteiger partial charge in [-0.1, -0.05) is 116 Å². The zero-order chi connectivity index (χ0) is 27.1. The number of ether oxygens (including phenoxy) is 4. The van der Waals surface area contributed by atoms with Gasteiger partial charge in [-0.3, -0.25) is 4.52 Å². The third-order valence-corrected chi connectivity index (χ3v) is 6.76. The van der Waals surface area contributed by atoms with E-state index in [9.17, 15) is 4.57 Å². The summed E-state index contributed by atoms with van der Waals surface area (Å²) in [6.45, 7) is 5.95. The minimum absolute atomic E-state index is 0.113. The molecule has 2 N–H and O–H groups in total. The van der Waals surface area contributed by atoms with E-state index in [0.29, 0.717) is 39.6 Å². The molecule has 9 heteroatoms. The van der Waals surface area contributed by atoms with E-state index in [0.717, 1.165) is 13.0 Å². The average Bonchev–Trinajstić information content (AvgIpc) is 2.86. The Bertz CT molecular complexity index is 475. The summed E-state index contributed by atoms with van der Waals surface area (Å²) in [6, 6.07) is 0. The number of phosphoric ester groups is 1. The van der Waals surface area contributed by atoms with E-state index in [1.54, 1.807) is 0 Å². The molecule has 0 saturated heterocycles. The van der Waals surface area contributed by atoms with Crippen LogP contribution in [0.25, 0.3) is 0 Å². The van der Waals surface area contributed by atoms with Gasteiger partial charge in [0.15, 0.2) is 0 Å². The SMILES string of the molecule is CCCCCCCCCCCCCCCCCCCCOCCOCCOCCOCCOP(=O)(O)O. The fourth-order valence-corrected chi connectivity index (χ4v) is 4.40. The molecule has 8 nitrogen and oxygen atoms in total. The minimum Gasteiger partial charge on any atom is -0.379 e. The smallest absolute Gasteiger partial charge is 0.379 e. The molecule has 0 heterocycles. The van der Waals surface area contributed by atoms with E-state index in [2.05, 4.69) is 11.4 Å². The maximum atomic E-state index is 10.5. The minimum atomic E-state index is -4.41. The molecule has 0 aromatic carbocycles. The highest BCUT2D eigenvalue weighted by molar-refractivity contribution is 7.46. The van der Waals surface area contributed by atoms with E-state index in [1.807, 2.05) is 0 Å². The van der Waals surface area contributed by atoms with Gasteiger partial charge in [0.25, 0.3) is 0 Å². The molecule has 0 aromatic heterocycles. The second-order valence-corrected chi connectivity index (χ2v) is 11.0. The Morgan fingerprint density at radius 3 is 1.00 bits per heavy atom. The molecule has 0 unspecified atom stereocenters. The summed E-state index contributed by atoms with van der Waals surface area (Å²) in [5, 5.41) is 0. The van der Waals surface area contributed by atoms with Crippen LogP contribution in [0.3, 0.4) is 0 Å². The Morgan fingerprint density at radius 1 is 0.405 bits per heavy atom. The van der Waals surface area contributed by atoms with E-state index >= 15 is 0 Å². The molecule has 0 aliphatic carbocycles. The van der Waals surface area contributed by atoms with Gasteiger partial charge in [0.1, 0.15) is 0 Å². The van der Waals surface area contributed by atoms with Gasteiger partial charge in [0.05, 0.1) is 52.9 Å². The molecule has 0 fully saturated rings. The fourth-order valence-electron chi connectivity index (χ4n) is 4.08. The number of unbranched alkanes of at least 4 members (excludes halogenated alkanes) is 17. The van der Waals surface area contributed by atoms with Crippen molar-refractivity contribution in [3.8, 4) is 0 Å². The number of hydrogen-bond acceptors (Lipinski definition) is 6. The summed E-state index contributed by atoms with van der Waals surface area (Å²) < 4.78 is 36.3. The summed E-state index contributed by atoms with van der Waals surface area (Å²) in [7, 11) is -4.41. The summed E-state index contributed by atoms with van der Waals surface area (Å²) in [5.41, 5.74) is 0. The third kappa shape index (κ3) is 36.0. The van der Waals surface area contributed by atoms with Crippen molar-refractivity contribution in [3.63, 3.8) is 0 Å². The first-order valence-corrected chi connectivity index (χ1v) is 16.6. The Labute approximate surface area is 227 Å². The van der Waals surface area contributed by atoms with Gasteiger partial charge in [-0.2, -0.15) is 0 Å². The van der Waals surface area contributed by atoms with Crippen LogP contribution in [0.2, 0.25) is 0 Å². The van der Waals surface area contributed by atoms with E-state index in [4.69, 9.17) is 28.7 Å². The second-order valence-electron chi connectivity index (χ2n) is 9.78. The van der Waals surface area contributed by atoms with E-state index in [1.165, 1.54) is 109 Å². The number of phosphoric acid groups is 1. The van der Waals surface area contributed by atoms with Gasteiger partial charge in [-0.05, 0) is 6.42 Å². The van der Waals surface area contributed by atoms with Crippen molar-refractivity contribution < 1.29 is 37.8 Å². The lowest BCUT2D eigenvalue weighted by atomic mass is 10.0. The molecule has 0 aliphatic heterocycles. The van der Waals surface area contributed by atoms with Crippen LogP contribution in [0.1, 0.15) is 122 Å². The van der Waals surface area contributed by atoms with Gasteiger partial charge in [-0.15, -0.1) is 0 Å². The summed E-state index contributed by atoms with van der Waals surface area (Å²) in [5.74, 6) is 0. The van der Waals surface area contributed by atoms with Crippen molar-refractivity contribution in [2.75, 3.05) is 59.5 Å². The number of hydrogen-bond donors (Lipinski definition) is 2. The van der Waals surface area contributed by atoms with Crippen LogP contribution in [0.5, 0.6) is 0 Å². The van der Waals surface area contributed by atoms with Crippen LogP contribution in [-0.4, -0.2) is 69.2 Å². The number of rotatable bonds is 32. The lowest BCUT2D eigenvalue weighted by Gasteiger charge is -2.08. The second kappa shape index (κ2) is 30.5. The van der Waals surface area contributed by atoms with Gasteiger partial charge in [-0.25, -0.2) is 4.57 Å². The molecule has 0 atom stereocenters. The van der Waals surface area contributed by atoms with E-state index in [-0.39, 0.29) is 13.2 Å². The molecule has 0 bridgehead atoms. The van der Waals surface area contributed by atoms with Crippen molar-refractivity contribution in [3.05, 3.63) is 0 Å². The third-order valence-electron chi connectivity index (χ3n) is 6.25. The van der Waals surface area contributed by atoms with Crippen LogP contribution in [0.15, 0.2) is 0 Å². The van der Waals surface area contributed by atoms with Crippen LogP contribution in [-0.2, 0) is 28.0 Å².